The second kappa shape index (κ2) is 10.8. The molecule has 0 amide bonds. The Bertz CT molecular complexity index is 545. The molecule has 0 bridgehead atoms. The summed E-state index contributed by atoms with van der Waals surface area (Å²) in [5.41, 5.74) is 5.71. The van der Waals surface area contributed by atoms with Crippen LogP contribution in [0.5, 0.6) is 0 Å². The smallest absolute Gasteiger partial charge is 0.188 e. The second-order valence-electron chi connectivity index (χ2n) is 5.36. The molecular weight excluding hydrogens is 413 g/mol. The first kappa shape index (κ1) is 21.2. The average Bonchev–Trinajstić information content (AvgIpc) is 2.44. The van der Waals surface area contributed by atoms with Crippen molar-refractivity contribution in [3.63, 3.8) is 0 Å². The molecule has 7 heteroatoms. The van der Waals surface area contributed by atoms with Crippen molar-refractivity contribution in [3.8, 4) is 0 Å². The molecular formula is C15H26IN3O2S. The molecule has 0 radical (unpaired) electrons. The molecule has 0 fully saturated rings. The Morgan fingerprint density at radius 3 is 2.50 bits per heavy atom. The minimum Gasteiger partial charge on any atom is -0.370 e. The van der Waals surface area contributed by atoms with Crippen LogP contribution in [-0.2, 0) is 9.84 Å². The average molecular weight is 439 g/mol. The summed E-state index contributed by atoms with van der Waals surface area (Å²) in [6.07, 6.45) is 1.49. The molecule has 1 aromatic carbocycles. The summed E-state index contributed by atoms with van der Waals surface area (Å²) < 4.78 is 24.1. The van der Waals surface area contributed by atoms with Crippen LogP contribution in [0.4, 0.5) is 0 Å². The maximum absolute atomic E-state index is 12.0. The molecule has 5 nitrogen and oxygen atoms in total. The third kappa shape index (κ3) is 8.57. The van der Waals surface area contributed by atoms with Crippen molar-refractivity contribution in [2.45, 2.75) is 31.6 Å². The van der Waals surface area contributed by atoms with Crippen LogP contribution in [0, 0.1) is 5.92 Å². The maximum atomic E-state index is 12.0. The molecule has 126 valence electrons. The zero-order chi connectivity index (χ0) is 15.7. The van der Waals surface area contributed by atoms with Gasteiger partial charge in [-0.25, -0.2) is 8.42 Å². The first-order valence-electron chi connectivity index (χ1n) is 7.23. The summed E-state index contributed by atoms with van der Waals surface area (Å²) in [6.45, 7) is 5.48. The number of hydrogen-bond donors (Lipinski definition) is 2. The van der Waals surface area contributed by atoms with Crippen LogP contribution in [0.1, 0.15) is 26.7 Å². The SMILES string of the molecule is CC(C)CCNC(N)=NCCCS(=O)(=O)c1ccccc1.I. The highest BCUT2D eigenvalue weighted by Crippen LogP contribution is 2.10. The van der Waals surface area contributed by atoms with Crippen LogP contribution in [0.15, 0.2) is 40.2 Å². The van der Waals surface area contributed by atoms with Crippen molar-refractivity contribution in [3.05, 3.63) is 30.3 Å². The van der Waals surface area contributed by atoms with Crippen LogP contribution in [0.3, 0.4) is 0 Å². The fourth-order valence-electron chi connectivity index (χ4n) is 1.74. The monoisotopic (exact) mass is 439 g/mol. The standard InChI is InChI=1S/C15H25N3O2S.HI/c1-13(2)9-11-18-15(16)17-10-6-12-21(19,20)14-7-4-3-5-8-14;/h3-5,7-8,13H,6,9-12H2,1-2H3,(H3,16,17,18);1H. The lowest BCUT2D eigenvalue weighted by molar-refractivity contribution is 0.576. The second-order valence-corrected chi connectivity index (χ2v) is 7.47. The van der Waals surface area contributed by atoms with E-state index in [1.807, 2.05) is 0 Å². The third-order valence-electron chi connectivity index (χ3n) is 2.98. The Kier molecular flexibility index (Phi) is 10.4. The number of nitrogens with zero attached hydrogens (tertiary/aromatic N) is 1. The maximum Gasteiger partial charge on any atom is 0.188 e. The molecule has 0 saturated carbocycles. The molecule has 0 aliphatic carbocycles. The van der Waals surface area contributed by atoms with E-state index in [9.17, 15) is 8.42 Å². The first-order chi connectivity index (χ1) is 9.92. The molecule has 0 aromatic heterocycles. The van der Waals surface area contributed by atoms with Crippen molar-refractivity contribution in [2.75, 3.05) is 18.8 Å². The van der Waals surface area contributed by atoms with Crippen molar-refractivity contribution < 1.29 is 8.42 Å². The Morgan fingerprint density at radius 1 is 1.27 bits per heavy atom. The first-order valence-corrected chi connectivity index (χ1v) is 8.88. The number of benzene rings is 1. The summed E-state index contributed by atoms with van der Waals surface area (Å²) in [6, 6.07) is 8.47. The number of nitrogens with one attached hydrogen (secondary N) is 1. The number of rotatable bonds is 8. The Balaban J connectivity index is 0.00000441. The fraction of sp³-hybridized carbons (Fsp3) is 0.533. The Morgan fingerprint density at radius 2 is 1.91 bits per heavy atom. The van der Waals surface area contributed by atoms with Gasteiger partial charge in [0.05, 0.1) is 10.6 Å². The molecule has 22 heavy (non-hydrogen) atoms. The van der Waals surface area contributed by atoms with E-state index in [1.165, 1.54) is 0 Å². The predicted octanol–water partition coefficient (Wildman–Crippen LogP) is 2.42. The van der Waals surface area contributed by atoms with Gasteiger partial charge in [-0.1, -0.05) is 32.0 Å². The largest absolute Gasteiger partial charge is 0.370 e. The number of aliphatic imine (C=N–C) groups is 1. The highest BCUT2D eigenvalue weighted by molar-refractivity contribution is 14.0. The molecule has 3 N–H and O–H groups in total. The summed E-state index contributed by atoms with van der Waals surface area (Å²) >= 11 is 0. The lowest BCUT2D eigenvalue weighted by Crippen LogP contribution is -2.33. The number of halogens is 1. The Hall–Kier alpha value is -0.830. The van der Waals surface area contributed by atoms with Crippen molar-refractivity contribution in [2.24, 2.45) is 16.6 Å². The van der Waals surface area contributed by atoms with Gasteiger partial charge in [-0.15, -0.1) is 24.0 Å². The van der Waals surface area contributed by atoms with E-state index in [4.69, 9.17) is 5.73 Å². The van der Waals surface area contributed by atoms with Crippen molar-refractivity contribution in [1.82, 2.24) is 5.32 Å². The minimum atomic E-state index is -3.22. The van der Waals surface area contributed by atoms with Crippen molar-refractivity contribution in [1.29, 1.82) is 0 Å². The van der Waals surface area contributed by atoms with Crippen LogP contribution in [-0.4, -0.2) is 33.2 Å². The number of sulfone groups is 1. The van der Waals surface area contributed by atoms with E-state index in [2.05, 4.69) is 24.2 Å². The van der Waals surface area contributed by atoms with Crippen LogP contribution < -0.4 is 11.1 Å². The molecule has 0 heterocycles. The summed E-state index contributed by atoms with van der Waals surface area (Å²) in [5, 5.41) is 3.02. The summed E-state index contributed by atoms with van der Waals surface area (Å²) in [4.78, 5) is 4.49. The minimum absolute atomic E-state index is 0. The zero-order valence-electron chi connectivity index (χ0n) is 13.2. The van der Waals surface area contributed by atoms with E-state index in [-0.39, 0.29) is 29.7 Å². The van der Waals surface area contributed by atoms with Crippen LogP contribution >= 0.6 is 24.0 Å². The van der Waals surface area contributed by atoms with Gasteiger partial charge in [0, 0.05) is 13.1 Å². The molecule has 0 saturated heterocycles. The van der Waals surface area contributed by atoms with E-state index < -0.39 is 9.84 Å². The Labute approximate surface area is 150 Å². The van der Waals surface area contributed by atoms with Gasteiger partial charge in [-0.2, -0.15) is 0 Å². The van der Waals surface area contributed by atoms with Gasteiger partial charge in [0.15, 0.2) is 15.8 Å². The zero-order valence-corrected chi connectivity index (χ0v) is 16.3. The van der Waals surface area contributed by atoms with Gasteiger partial charge >= 0.3 is 0 Å². The number of hydrogen-bond acceptors (Lipinski definition) is 3. The van der Waals surface area contributed by atoms with Crippen LogP contribution in [0.2, 0.25) is 0 Å². The number of guanidine groups is 1. The van der Waals surface area contributed by atoms with E-state index in [0.717, 1.165) is 13.0 Å². The highest BCUT2D eigenvalue weighted by atomic mass is 127. The van der Waals surface area contributed by atoms with Gasteiger partial charge in [0.1, 0.15) is 0 Å². The molecule has 0 aliphatic heterocycles. The van der Waals surface area contributed by atoms with Gasteiger partial charge in [0.2, 0.25) is 0 Å². The molecule has 0 aliphatic rings. The van der Waals surface area contributed by atoms with E-state index in [1.54, 1.807) is 30.3 Å². The summed E-state index contributed by atoms with van der Waals surface area (Å²) in [7, 11) is -3.22. The predicted molar refractivity (Wildman–Crippen MR) is 102 cm³/mol. The molecule has 0 atom stereocenters. The molecule has 0 spiro atoms. The van der Waals surface area contributed by atoms with E-state index in [0.29, 0.717) is 29.7 Å². The topological polar surface area (TPSA) is 84.5 Å². The molecule has 1 aromatic rings. The van der Waals surface area contributed by atoms with Crippen molar-refractivity contribution >= 4 is 39.8 Å². The van der Waals surface area contributed by atoms with Gasteiger partial charge < -0.3 is 11.1 Å². The van der Waals surface area contributed by atoms with Gasteiger partial charge in [-0.05, 0) is 30.9 Å². The molecule has 0 unspecified atom stereocenters. The highest BCUT2D eigenvalue weighted by Gasteiger charge is 2.12. The lowest BCUT2D eigenvalue weighted by atomic mass is 10.1. The fourth-order valence-corrected chi connectivity index (χ4v) is 3.06. The third-order valence-corrected chi connectivity index (χ3v) is 4.80. The molecule has 1 rings (SSSR count). The number of nitrogens with two attached hydrogens (primary N) is 1. The van der Waals surface area contributed by atoms with Crippen LogP contribution in [0.25, 0.3) is 0 Å². The van der Waals surface area contributed by atoms with Gasteiger partial charge in [-0.3, -0.25) is 4.99 Å². The normalized spacial score (nSPS) is 12.0. The lowest BCUT2D eigenvalue weighted by Gasteiger charge is -2.07. The van der Waals surface area contributed by atoms with Gasteiger partial charge in [0.25, 0.3) is 0 Å². The quantitative estimate of drug-likeness (QED) is 0.282. The van der Waals surface area contributed by atoms with E-state index >= 15 is 0 Å². The summed E-state index contributed by atoms with van der Waals surface area (Å²) in [5.74, 6) is 1.08.